The normalized spacial score (nSPS) is 10.1. The van der Waals surface area contributed by atoms with Crippen molar-refractivity contribution in [1.82, 2.24) is 4.98 Å². The third kappa shape index (κ3) is 3.00. The number of carboxylic acids is 1. The molecule has 2 aromatic rings. The molecule has 0 aliphatic rings. The quantitative estimate of drug-likeness (QED) is 0.866. The summed E-state index contributed by atoms with van der Waals surface area (Å²) in [6, 6.07) is 7.92. The number of halogens is 2. The van der Waals surface area contributed by atoms with Gasteiger partial charge >= 0.3 is 5.97 Å². The highest BCUT2D eigenvalue weighted by molar-refractivity contribution is 9.10. The summed E-state index contributed by atoms with van der Waals surface area (Å²) in [5.74, 6) is -0.396. The first kappa shape index (κ1) is 12.9. The number of hydrogen-bond acceptors (Lipinski definition) is 3. The van der Waals surface area contributed by atoms with Crippen molar-refractivity contribution < 1.29 is 14.6 Å². The summed E-state index contributed by atoms with van der Waals surface area (Å²) >= 11 is 8.86. The lowest BCUT2D eigenvalue weighted by Crippen LogP contribution is -2.00. The maximum atomic E-state index is 11.1. The maximum Gasteiger partial charge on any atom is 0.339 e. The summed E-state index contributed by atoms with van der Waals surface area (Å²) in [4.78, 5) is 14.9. The van der Waals surface area contributed by atoms with Gasteiger partial charge in [-0.1, -0.05) is 27.5 Å². The monoisotopic (exact) mass is 327 g/mol. The summed E-state index contributed by atoms with van der Waals surface area (Å²) in [6.45, 7) is 0. The van der Waals surface area contributed by atoms with Crippen LogP contribution >= 0.6 is 27.5 Å². The fourth-order valence-corrected chi connectivity index (χ4v) is 1.78. The summed E-state index contributed by atoms with van der Waals surface area (Å²) < 4.78 is 6.13. The predicted octanol–water partition coefficient (Wildman–Crippen LogP) is 3.99. The molecule has 0 aliphatic heterocycles. The Bertz CT molecular complexity index is 586. The number of pyridine rings is 1. The van der Waals surface area contributed by atoms with Crippen LogP contribution in [0.25, 0.3) is 0 Å². The van der Waals surface area contributed by atoms with Crippen LogP contribution in [-0.4, -0.2) is 16.1 Å². The van der Waals surface area contributed by atoms with E-state index in [0.717, 1.165) is 0 Å². The number of benzene rings is 1. The molecule has 0 bridgehead atoms. The van der Waals surface area contributed by atoms with Crippen LogP contribution in [0.5, 0.6) is 11.5 Å². The first-order valence-electron chi connectivity index (χ1n) is 4.88. The Kier molecular flexibility index (Phi) is 3.84. The van der Waals surface area contributed by atoms with Crippen molar-refractivity contribution in [1.29, 1.82) is 0 Å². The minimum absolute atomic E-state index is 0.0688. The van der Waals surface area contributed by atoms with Gasteiger partial charge in [0.2, 0.25) is 0 Å². The number of aromatic carboxylic acids is 1. The van der Waals surface area contributed by atoms with Crippen LogP contribution in [0.1, 0.15) is 10.4 Å². The third-order valence-corrected chi connectivity index (χ3v) is 2.82. The highest BCUT2D eigenvalue weighted by Crippen LogP contribution is 2.28. The van der Waals surface area contributed by atoms with Crippen LogP contribution in [0.15, 0.2) is 41.0 Å². The number of carbonyl (C=O) groups is 1. The lowest BCUT2D eigenvalue weighted by Gasteiger charge is -2.08. The van der Waals surface area contributed by atoms with Gasteiger partial charge < -0.3 is 9.84 Å². The van der Waals surface area contributed by atoms with E-state index in [1.165, 1.54) is 12.3 Å². The Balaban J connectivity index is 2.34. The molecule has 0 unspecified atom stereocenters. The fourth-order valence-electron chi connectivity index (χ4n) is 1.31. The van der Waals surface area contributed by atoms with Crippen molar-refractivity contribution in [2.24, 2.45) is 0 Å². The first-order valence-corrected chi connectivity index (χ1v) is 6.05. The second-order valence-corrected chi connectivity index (χ2v) is 4.67. The smallest absolute Gasteiger partial charge is 0.339 e. The van der Waals surface area contributed by atoms with Crippen LogP contribution in [0.2, 0.25) is 5.15 Å². The molecular formula is C12H7BrClNO3. The summed E-state index contributed by atoms with van der Waals surface area (Å²) in [5, 5.41) is 9.42. The van der Waals surface area contributed by atoms with Gasteiger partial charge in [-0.2, -0.15) is 0 Å². The standard InChI is InChI=1S/C12H7BrClNO3/c13-7-1-3-10(9(5-7)12(16)17)18-8-2-4-11(14)15-6-8/h1-6H,(H,16,17). The van der Waals surface area contributed by atoms with Crippen LogP contribution in [0.4, 0.5) is 0 Å². The Labute approximate surface area is 116 Å². The molecule has 1 aromatic heterocycles. The second-order valence-electron chi connectivity index (χ2n) is 3.36. The van der Waals surface area contributed by atoms with Crippen LogP contribution in [0.3, 0.4) is 0 Å². The summed E-state index contributed by atoms with van der Waals surface area (Å²) in [6.07, 6.45) is 1.43. The molecule has 92 valence electrons. The van der Waals surface area contributed by atoms with E-state index >= 15 is 0 Å². The fraction of sp³-hybridized carbons (Fsp3) is 0. The molecule has 4 nitrogen and oxygen atoms in total. The molecule has 0 fully saturated rings. The Morgan fingerprint density at radius 3 is 2.72 bits per heavy atom. The zero-order valence-corrected chi connectivity index (χ0v) is 11.3. The number of aromatic nitrogens is 1. The van der Waals surface area contributed by atoms with Gasteiger partial charge in [0.1, 0.15) is 22.2 Å². The molecule has 1 aromatic carbocycles. The molecule has 0 saturated heterocycles. The van der Waals surface area contributed by atoms with E-state index in [-0.39, 0.29) is 11.3 Å². The number of ether oxygens (including phenoxy) is 1. The molecule has 1 N–H and O–H groups in total. The highest BCUT2D eigenvalue weighted by Gasteiger charge is 2.12. The van der Waals surface area contributed by atoms with E-state index < -0.39 is 5.97 Å². The SMILES string of the molecule is O=C(O)c1cc(Br)ccc1Oc1ccc(Cl)nc1. The van der Waals surface area contributed by atoms with E-state index in [1.807, 2.05) is 0 Å². The molecule has 6 heteroatoms. The summed E-state index contributed by atoms with van der Waals surface area (Å²) in [7, 11) is 0. The minimum Gasteiger partial charge on any atom is -0.478 e. The van der Waals surface area contributed by atoms with Crippen LogP contribution < -0.4 is 4.74 Å². The topological polar surface area (TPSA) is 59.4 Å². The van der Waals surface area contributed by atoms with Crippen molar-refractivity contribution in [3.05, 3.63) is 51.7 Å². The molecule has 2 rings (SSSR count). The predicted molar refractivity (Wildman–Crippen MR) is 70.4 cm³/mol. The Morgan fingerprint density at radius 1 is 1.33 bits per heavy atom. The zero-order valence-electron chi connectivity index (χ0n) is 8.93. The van der Waals surface area contributed by atoms with E-state index in [4.69, 9.17) is 21.4 Å². The van der Waals surface area contributed by atoms with Gasteiger partial charge in [-0.25, -0.2) is 9.78 Å². The number of nitrogens with zero attached hydrogens (tertiary/aromatic N) is 1. The second kappa shape index (κ2) is 5.37. The van der Waals surface area contributed by atoms with Gasteiger partial charge in [0.15, 0.2) is 0 Å². The Hall–Kier alpha value is -1.59. The van der Waals surface area contributed by atoms with E-state index in [9.17, 15) is 4.79 Å². The maximum absolute atomic E-state index is 11.1. The van der Waals surface area contributed by atoms with E-state index in [2.05, 4.69) is 20.9 Å². The van der Waals surface area contributed by atoms with Crippen molar-refractivity contribution in [2.75, 3.05) is 0 Å². The van der Waals surface area contributed by atoms with E-state index in [1.54, 1.807) is 24.3 Å². The lowest BCUT2D eigenvalue weighted by molar-refractivity contribution is 0.0694. The van der Waals surface area contributed by atoms with E-state index in [0.29, 0.717) is 15.4 Å². The van der Waals surface area contributed by atoms with Gasteiger partial charge in [0.05, 0.1) is 6.20 Å². The first-order chi connectivity index (χ1) is 8.56. The van der Waals surface area contributed by atoms with Crippen molar-refractivity contribution >= 4 is 33.5 Å². The molecular weight excluding hydrogens is 321 g/mol. The van der Waals surface area contributed by atoms with Gasteiger partial charge in [-0.05, 0) is 30.3 Å². The molecule has 0 amide bonds. The third-order valence-electron chi connectivity index (χ3n) is 2.10. The van der Waals surface area contributed by atoms with Crippen molar-refractivity contribution in [3.63, 3.8) is 0 Å². The van der Waals surface area contributed by atoms with Gasteiger partial charge in [-0.15, -0.1) is 0 Å². The lowest BCUT2D eigenvalue weighted by atomic mass is 10.2. The molecule has 18 heavy (non-hydrogen) atoms. The van der Waals surface area contributed by atoms with Crippen molar-refractivity contribution in [2.45, 2.75) is 0 Å². The average Bonchev–Trinajstić information content (AvgIpc) is 2.34. The molecule has 1 heterocycles. The molecule has 0 saturated carbocycles. The number of rotatable bonds is 3. The van der Waals surface area contributed by atoms with Gasteiger partial charge in [-0.3, -0.25) is 0 Å². The Morgan fingerprint density at radius 2 is 2.11 bits per heavy atom. The van der Waals surface area contributed by atoms with Crippen LogP contribution in [-0.2, 0) is 0 Å². The molecule has 0 radical (unpaired) electrons. The van der Waals surface area contributed by atoms with Crippen LogP contribution in [0, 0.1) is 0 Å². The number of carboxylic acid groups (broad SMARTS) is 1. The molecule has 0 aliphatic carbocycles. The average molecular weight is 329 g/mol. The minimum atomic E-state index is -1.06. The van der Waals surface area contributed by atoms with Crippen molar-refractivity contribution in [3.8, 4) is 11.5 Å². The highest BCUT2D eigenvalue weighted by atomic mass is 79.9. The zero-order chi connectivity index (χ0) is 13.1. The molecule has 0 atom stereocenters. The summed E-state index contributed by atoms with van der Waals surface area (Å²) in [5.41, 5.74) is 0.0688. The number of hydrogen-bond donors (Lipinski definition) is 1. The van der Waals surface area contributed by atoms with Gasteiger partial charge in [0.25, 0.3) is 0 Å². The largest absolute Gasteiger partial charge is 0.478 e. The molecule has 0 spiro atoms. The van der Waals surface area contributed by atoms with Gasteiger partial charge in [0, 0.05) is 4.47 Å².